The van der Waals surface area contributed by atoms with E-state index >= 15 is 0 Å². The molecule has 3 N–H and O–H groups in total. The lowest BCUT2D eigenvalue weighted by Gasteiger charge is -2.16. The molecule has 1 unspecified atom stereocenters. The van der Waals surface area contributed by atoms with Gasteiger partial charge in [-0.25, -0.2) is 0 Å². The summed E-state index contributed by atoms with van der Waals surface area (Å²) >= 11 is 0. The van der Waals surface area contributed by atoms with Gasteiger partial charge in [-0.15, -0.1) is 0 Å². The number of carbonyl (C=O) groups is 1. The van der Waals surface area contributed by atoms with E-state index in [-0.39, 0.29) is 12.6 Å². The summed E-state index contributed by atoms with van der Waals surface area (Å²) in [5, 5.41) is 0. The fraction of sp³-hybridized carbons (Fsp3) is 0.417. The lowest BCUT2D eigenvalue weighted by Crippen LogP contribution is -2.34. The number of primary amides is 1. The first-order valence-corrected chi connectivity index (χ1v) is 5.42. The molecule has 0 fully saturated rings. The van der Waals surface area contributed by atoms with Crippen molar-refractivity contribution in [3.8, 4) is 0 Å². The third-order valence-corrected chi connectivity index (χ3v) is 2.28. The van der Waals surface area contributed by atoms with E-state index in [0.717, 1.165) is 12.8 Å². The average molecular weight is 222 g/mol. The van der Waals surface area contributed by atoms with Crippen molar-refractivity contribution in [1.29, 1.82) is 0 Å². The summed E-state index contributed by atoms with van der Waals surface area (Å²) in [5.41, 5.74) is 9.06. The van der Waals surface area contributed by atoms with Crippen LogP contribution in [-0.4, -0.2) is 18.6 Å². The lowest BCUT2D eigenvalue weighted by molar-refractivity contribution is -0.126. The fourth-order valence-corrected chi connectivity index (χ4v) is 1.40. The molecule has 0 heterocycles. The first kappa shape index (κ1) is 12.7. The van der Waals surface area contributed by atoms with Crippen LogP contribution in [0.1, 0.15) is 18.9 Å². The Morgan fingerprint density at radius 1 is 1.44 bits per heavy atom. The van der Waals surface area contributed by atoms with E-state index in [1.54, 1.807) is 0 Å². The topological polar surface area (TPSA) is 64.3 Å². The van der Waals surface area contributed by atoms with Gasteiger partial charge in [0.1, 0.15) is 6.61 Å². The van der Waals surface area contributed by atoms with Crippen LogP contribution in [0.3, 0.4) is 0 Å². The molecule has 4 heteroatoms. The summed E-state index contributed by atoms with van der Waals surface area (Å²) in [6.45, 7) is 1.97. The molecule has 0 radical (unpaired) electrons. The van der Waals surface area contributed by atoms with Gasteiger partial charge in [0.05, 0.1) is 0 Å². The number of amides is 1. The van der Waals surface area contributed by atoms with Crippen LogP contribution in [0.4, 0.5) is 0 Å². The monoisotopic (exact) mass is 222 g/mol. The minimum atomic E-state index is -0.470. The molecule has 0 aliphatic heterocycles. The molecule has 1 amide bonds. The maximum Gasteiger partial charge on any atom is 0.245 e. The first-order chi connectivity index (χ1) is 7.72. The number of nitrogens with two attached hydrogens (primary N) is 1. The second kappa shape index (κ2) is 6.98. The molecule has 4 nitrogen and oxygen atoms in total. The molecular formula is C12H18N2O2. The quantitative estimate of drug-likeness (QED) is 0.677. The van der Waals surface area contributed by atoms with Crippen LogP contribution < -0.4 is 11.2 Å². The molecule has 0 bridgehead atoms. The van der Waals surface area contributed by atoms with Gasteiger partial charge < -0.3 is 5.73 Å². The molecule has 0 aromatic heterocycles. The molecule has 1 atom stereocenters. The second-order valence-electron chi connectivity index (χ2n) is 3.67. The summed E-state index contributed by atoms with van der Waals surface area (Å²) in [6.07, 6.45) is 1.80. The molecule has 0 aliphatic carbocycles. The standard InChI is InChI=1S/C12H18N2O2/c1-2-11(14-16-9-12(13)15)8-10-6-4-3-5-7-10/h3-7,11,14H,2,8-9H2,1H3,(H2,13,15). The molecule has 0 spiro atoms. The van der Waals surface area contributed by atoms with Gasteiger partial charge in [-0.05, 0) is 18.4 Å². The largest absolute Gasteiger partial charge is 0.368 e. The number of hydrogen-bond acceptors (Lipinski definition) is 3. The highest BCUT2D eigenvalue weighted by atomic mass is 16.6. The van der Waals surface area contributed by atoms with E-state index in [1.165, 1.54) is 5.56 Å². The van der Waals surface area contributed by atoms with Crippen molar-refractivity contribution in [2.75, 3.05) is 6.61 Å². The van der Waals surface area contributed by atoms with Gasteiger partial charge in [0, 0.05) is 6.04 Å². The Hall–Kier alpha value is -1.39. The van der Waals surface area contributed by atoms with E-state index in [4.69, 9.17) is 10.6 Å². The van der Waals surface area contributed by atoms with Crippen molar-refractivity contribution < 1.29 is 9.63 Å². The minimum absolute atomic E-state index is 0.0920. The zero-order valence-corrected chi connectivity index (χ0v) is 9.48. The Morgan fingerprint density at radius 2 is 2.12 bits per heavy atom. The van der Waals surface area contributed by atoms with Crippen LogP contribution >= 0.6 is 0 Å². The predicted octanol–water partition coefficient (Wildman–Crippen LogP) is 1.01. The summed E-state index contributed by atoms with van der Waals surface area (Å²) in [5.74, 6) is -0.470. The van der Waals surface area contributed by atoms with Gasteiger partial charge in [0.2, 0.25) is 5.91 Å². The van der Waals surface area contributed by atoms with E-state index in [0.29, 0.717) is 0 Å². The summed E-state index contributed by atoms with van der Waals surface area (Å²) in [4.78, 5) is 15.5. The van der Waals surface area contributed by atoms with Gasteiger partial charge in [0.25, 0.3) is 0 Å². The van der Waals surface area contributed by atoms with Gasteiger partial charge in [-0.2, -0.15) is 5.48 Å². The van der Waals surface area contributed by atoms with Gasteiger partial charge in [-0.3, -0.25) is 9.63 Å². The molecule has 0 saturated heterocycles. The smallest absolute Gasteiger partial charge is 0.245 e. The zero-order valence-electron chi connectivity index (χ0n) is 9.48. The van der Waals surface area contributed by atoms with E-state index in [2.05, 4.69) is 24.5 Å². The highest BCUT2D eigenvalue weighted by Crippen LogP contribution is 2.05. The molecule has 0 saturated carbocycles. The molecule has 88 valence electrons. The number of nitrogens with one attached hydrogen (secondary N) is 1. The van der Waals surface area contributed by atoms with Crippen molar-refractivity contribution in [3.63, 3.8) is 0 Å². The zero-order chi connectivity index (χ0) is 11.8. The van der Waals surface area contributed by atoms with Crippen LogP contribution in [0.15, 0.2) is 30.3 Å². The molecule has 0 aliphatic rings. The Labute approximate surface area is 95.7 Å². The van der Waals surface area contributed by atoms with E-state index in [1.807, 2.05) is 18.2 Å². The SMILES string of the molecule is CCC(Cc1ccccc1)NOCC(N)=O. The molecule has 1 rings (SSSR count). The molecule has 1 aromatic rings. The number of hydroxylamine groups is 1. The maximum atomic E-state index is 10.5. The number of hydrogen-bond donors (Lipinski definition) is 2. The predicted molar refractivity (Wildman–Crippen MR) is 62.5 cm³/mol. The Morgan fingerprint density at radius 3 is 2.69 bits per heavy atom. The van der Waals surface area contributed by atoms with Crippen LogP contribution in [-0.2, 0) is 16.1 Å². The van der Waals surface area contributed by atoms with Crippen molar-refractivity contribution in [2.24, 2.45) is 5.73 Å². The minimum Gasteiger partial charge on any atom is -0.368 e. The first-order valence-electron chi connectivity index (χ1n) is 5.42. The fourth-order valence-electron chi connectivity index (χ4n) is 1.40. The van der Waals surface area contributed by atoms with Crippen LogP contribution in [0.5, 0.6) is 0 Å². The normalized spacial score (nSPS) is 12.3. The van der Waals surface area contributed by atoms with E-state index < -0.39 is 5.91 Å². The van der Waals surface area contributed by atoms with E-state index in [9.17, 15) is 4.79 Å². The van der Waals surface area contributed by atoms with Gasteiger partial charge in [-0.1, -0.05) is 37.3 Å². The van der Waals surface area contributed by atoms with Crippen molar-refractivity contribution >= 4 is 5.91 Å². The van der Waals surface area contributed by atoms with Crippen molar-refractivity contribution in [1.82, 2.24) is 5.48 Å². The van der Waals surface area contributed by atoms with Crippen LogP contribution in [0.25, 0.3) is 0 Å². The van der Waals surface area contributed by atoms with Crippen molar-refractivity contribution in [2.45, 2.75) is 25.8 Å². The number of benzene rings is 1. The highest BCUT2D eigenvalue weighted by Gasteiger charge is 2.07. The Balaban J connectivity index is 2.34. The summed E-state index contributed by atoms with van der Waals surface area (Å²) < 4.78 is 0. The average Bonchev–Trinajstić information content (AvgIpc) is 2.28. The maximum absolute atomic E-state index is 10.5. The van der Waals surface area contributed by atoms with Crippen molar-refractivity contribution in [3.05, 3.63) is 35.9 Å². The number of carbonyl (C=O) groups excluding carboxylic acids is 1. The van der Waals surface area contributed by atoms with Gasteiger partial charge in [0.15, 0.2) is 0 Å². The van der Waals surface area contributed by atoms with Gasteiger partial charge >= 0.3 is 0 Å². The lowest BCUT2D eigenvalue weighted by atomic mass is 10.1. The Kier molecular flexibility index (Phi) is 5.53. The highest BCUT2D eigenvalue weighted by molar-refractivity contribution is 5.74. The summed E-state index contributed by atoms with van der Waals surface area (Å²) in [7, 11) is 0. The third kappa shape index (κ3) is 4.91. The molecule has 16 heavy (non-hydrogen) atoms. The molecular weight excluding hydrogens is 204 g/mol. The van der Waals surface area contributed by atoms with Crippen LogP contribution in [0.2, 0.25) is 0 Å². The second-order valence-corrected chi connectivity index (χ2v) is 3.67. The number of rotatable bonds is 7. The molecule has 1 aromatic carbocycles. The van der Waals surface area contributed by atoms with Crippen LogP contribution in [0, 0.1) is 0 Å². The summed E-state index contributed by atoms with van der Waals surface area (Å²) in [6, 6.07) is 10.3. The third-order valence-electron chi connectivity index (χ3n) is 2.28. The Bertz CT molecular complexity index is 314.